The van der Waals surface area contributed by atoms with Gasteiger partial charge < -0.3 is 19.1 Å². The van der Waals surface area contributed by atoms with Crippen LogP contribution in [0.25, 0.3) is 0 Å². The first kappa shape index (κ1) is 39.4. The van der Waals surface area contributed by atoms with E-state index in [1.54, 1.807) is 29.2 Å². The minimum absolute atomic E-state index is 0.00589. The van der Waals surface area contributed by atoms with Crippen LogP contribution in [0, 0.1) is 5.92 Å². The topological polar surface area (TPSA) is 162 Å². The van der Waals surface area contributed by atoms with Crippen molar-refractivity contribution in [3.63, 3.8) is 0 Å². The number of carbonyl (C=O) groups is 5. The van der Waals surface area contributed by atoms with Crippen LogP contribution in [-0.2, 0) is 43.6 Å². The number of rotatable bonds is 13. The first-order valence-electron chi connectivity index (χ1n) is 17.9. The van der Waals surface area contributed by atoms with Crippen molar-refractivity contribution in [2.45, 2.75) is 38.7 Å². The first-order chi connectivity index (χ1) is 26.2. The van der Waals surface area contributed by atoms with Gasteiger partial charge in [-0.2, -0.15) is 0 Å². The molecule has 2 atom stereocenters. The zero-order valence-electron chi connectivity index (χ0n) is 30.6. The number of esters is 1. The zero-order chi connectivity index (χ0) is 38.3. The van der Waals surface area contributed by atoms with Gasteiger partial charge in [0.1, 0.15) is 19.8 Å². The maximum absolute atomic E-state index is 13.6. The number of ether oxygens (including phenoxy) is 3. The molecule has 0 aliphatic carbocycles. The Bertz CT molecular complexity index is 1680. The molecule has 0 radical (unpaired) electrons. The third-order valence-electron chi connectivity index (χ3n) is 8.82. The summed E-state index contributed by atoms with van der Waals surface area (Å²) < 4.78 is 16.2. The highest BCUT2D eigenvalue weighted by Crippen LogP contribution is 2.33. The number of benzene rings is 3. The molecule has 2 aliphatic heterocycles. The zero-order valence-corrected chi connectivity index (χ0v) is 30.6. The van der Waals surface area contributed by atoms with Gasteiger partial charge in [0.2, 0.25) is 11.9 Å². The summed E-state index contributed by atoms with van der Waals surface area (Å²) in [6.07, 6.45) is -1.24. The smallest absolute Gasteiger partial charge is 0.414 e. The maximum Gasteiger partial charge on any atom is 0.414 e. The number of imide groups is 1. The van der Waals surface area contributed by atoms with Gasteiger partial charge in [-0.05, 0) is 43.6 Å². The molecule has 2 heterocycles. The second kappa shape index (κ2) is 19.9. The molecule has 0 bridgehead atoms. The number of nitrogens with one attached hydrogen (secondary N) is 2. The predicted molar refractivity (Wildman–Crippen MR) is 199 cm³/mol. The van der Waals surface area contributed by atoms with Gasteiger partial charge in [-0.25, -0.2) is 24.1 Å². The summed E-state index contributed by atoms with van der Waals surface area (Å²) in [5, 5.41) is 4.89. The van der Waals surface area contributed by atoms with Crippen LogP contribution < -0.4 is 10.6 Å². The standard InChI is InChI=1S/C39H47N7O8/c1-43(2)28-44-21-23-45(24-22-44)39(51)46-33(35(48)52-25-29-13-6-3-7-14-29)32(34(46)47)19-12-20-40-36(41-37(49)53-26-30-15-8-4-9-16-30)42-38(50)54-27-31-17-10-5-11-18-31/h3-11,13-18,32-33H,12,19-28H2,1-2H3,(H2,40,41,42,49,50)/t32-,33?/m1/s1. The Kier molecular flexibility index (Phi) is 14.5. The summed E-state index contributed by atoms with van der Waals surface area (Å²) in [5.41, 5.74) is 2.30. The van der Waals surface area contributed by atoms with Crippen molar-refractivity contribution in [2.75, 3.05) is 53.5 Å². The van der Waals surface area contributed by atoms with E-state index >= 15 is 0 Å². The molecule has 15 nitrogen and oxygen atoms in total. The molecular weight excluding hydrogens is 694 g/mol. The molecule has 0 spiro atoms. The SMILES string of the molecule is CN(C)CN1CCN(C(=O)N2C(=O)[C@H](CCCN=C(NC(=O)OCc3ccccc3)NC(=O)OCc3ccccc3)C2C(=O)OCc2ccccc2)CC1. The lowest BCUT2D eigenvalue weighted by molar-refractivity contribution is -0.171. The van der Waals surface area contributed by atoms with Crippen LogP contribution in [0.3, 0.4) is 0 Å². The van der Waals surface area contributed by atoms with E-state index < -0.39 is 42.1 Å². The van der Waals surface area contributed by atoms with Crippen LogP contribution in [0.1, 0.15) is 29.5 Å². The Hall–Kier alpha value is -5.80. The molecule has 15 heteroatoms. The van der Waals surface area contributed by atoms with Gasteiger partial charge in [-0.15, -0.1) is 0 Å². The Morgan fingerprint density at radius 2 is 1.20 bits per heavy atom. The van der Waals surface area contributed by atoms with Crippen LogP contribution in [-0.4, -0.2) is 115 Å². The summed E-state index contributed by atoms with van der Waals surface area (Å²) in [7, 11) is 3.95. The fourth-order valence-electron chi connectivity index (χ4n) is 6.08. The normalized spacial score (nSPS) is 16.9. The van der Waals surface area contributed by atoms with Gasteiger partial charge in [0, 0.05) is 32.7 Å². The van der Waals surface area contributed by atoms with E-state index in [9.17, 15) is 24.0 Å². The summed E-state index contributed by atoms with van der Waals surface area (Å²) in [6, 6.07) is 25.7. The number of likely N-dealkylation sites (tertiary alicyclic amines) is 1. The molecule has 0 aromatic heterocycles. The largest absolute Gasteiger partial charge is 0.459 e. The number of hydrogen-bond acceptors (Lipinski definition) is 11. The van der Waals surface area contributed by atoms with Gasteiger partial charge in [0.25, 0.3) is 0 Å². The molecule has 0 saturated carbocycles. The highest BCUT2D eigenvalue weighted by molar-refractivity contribution is 6.08. The van der Waals surface area contributed by atoms with Crippen LogP contribution in [0.2, 0.25) is 0 Å². The number of aliphatic imine (C=N–C) groups is 1. The molecule has 1 unspecified atom stereocenters. The lowest BCUT2D eigenvalue weighted by Gasteiger charge is -2.47. The Labute approximate surface area is 314 Å². The average molecular weight is 742 g/mol. The lowest BCUT2D eigenvalue weighted by Crippen LogP contribution is -2.69. The molecule has 5 amide bonds. The number of hydrogen-bond donors (Lipinski definition) is 2. The van der Waals surface area contributed by atoms with E-state index in [2.05, 4.69) is 20.5 Å². The third kappa shape index (κ3) is 11.6. The molecule has 2 saturated heterocycles. The van der Waals surface area contributed by atoms with Gasteiger partial charge in [0.15, 0.2) is 6.04 Å². The number of piperazine rings is 1. The molecule has 2 aliphatic rings. The number of β-lactam (4-membered cyclic amide) rings is 1. The quantitative estimate of drug-likeness (QED) is 0.0659. The van der Waals surface area contributed by atoms with E-state index in [1.807, 2.05) is 85.7 Å². The van der Waals surface area contributed by atoms with E-state index in [1.165, 1.54) is 0 Å². The van der Waals surface area contributed by atoms with Crippen LogP contribution in [0.5, 0.6) is 0 Å². The molecule has 286 valence electrons. The van der Waals surface area contributed by atoms with Crippen molar-refractivity contribution in [1.29, 1.82) is 0 Å². The molecule has 3 aromatic rings. The lowest BCUT2D eigenvalue weighted by atomic mass is 9.83. The minimum Gasteiger partial charge on any atom is -0.459 e. The number of carbonyl (C=O) groups excluding carboxylic acids is 5. The van der Waals surface area contributed by atoms with Crippen molar-refractivity contribution < 1.29 is 38.2 Å². The average Bonchev–Trinajstić information content (AvgIpc) is 3.18. The molecule has 2 N–H and O–H groups in total. The van der Waals surface area contributed by atoms with Gasteiger partial charge >= 0.3 is 24.2 Å². The maximum atomic E-state index is 13.6. The second-order valence-electron chi connectivity index (χ2n) is 13.2. The number of urea groups is 1. The van der Waals surface area contributed by atoms with Crippen molar-refractivity contribution >= 4 is 36.1 Å². The van der Waals surface area contributed by atoms with Crippen LogP contribution in [0.4, 0.5) is 14.4 Å². The second-order valence-corrected chi connectivity index (χ2v) is 13.2. The number of amides is 5. The number of alkyl carbamates (subject to hydrolysis) is 2. The molecule has 2 fully saturated rings. The van der Waals surface area contributed by atoms with Crippen molar-refractivity contribution in [2.24, 2.45) is 10.9 Å². The third-order valence-corrected chi connectivity index (χ3v) is 8.82. The Balaban J connectivity index is 1.21. The fourth-order valence-corrected chi connectivity index (χ4v) is 6.08. The summed E-state index contributed by atoms with van der Waals surface area (Å²) in [6.45, 7) is 2.90. The molecule has 5 rings (SSSR count). The van der Waals surface area contributed by atoms with Gasteiger partial charge in [0.05, 0.1) is 12.6 Å². The van der Waals surface area contributed by atoms with E-state index in [4.69, 9.17) is 14.2 Å². The molecular formula is C39H47N7O8. The number of guanidine groups is 1. The van der Waals surface area contributed by atoms with E-state index in [-0.39, 0.29) is 45.2 Å². The van der Waals surface area contributed by atoms with Crippen molar-refractivity contribution in [3.05, 3.63) is 108 Å². The number of nitrogens with zero attached hydrogens (tertiary/aromatic N) is 5. The van der Waals surface area contributed by atoms with Crippen LogP contribution in [0.15, 0.2) is 96.0 Å². The summed E-state index contributed by atoms with van der Waals surface area (Å²) in [4.78, 5) is 77.2. The Morgan fingerprint density at radius 3 is 1.69 bits per heavy atom. The van der Waals surface area contributed by atoms with E-state index in [0.717, 1.165) is 28.3 Å². The van der Waals surface area contributed by atoms with Gasteiger partial charge in [-0.1, -0.05) is 91.0 Å². The van der Waals surface area contributed by atoms with Crippen LogP contribution >= 0.6 is 0 Å². The van der Waals surface area contributed by atoms with Crippen molar-refractivity contribution in [3.8, 4) is 0 Å². The highest BCUT2D eigenvalue weighted by atomic mass is 16.6. The summed E-state index contributed by atoms with van der Waals surface area (Å²) >= 11 is 0. The van der Waals surface area contributed by atoms with E-state index in [0.29, 0.717) is 26.2 Å². The predicted octanol–water partition coefficient (Wildman–Crippen LogP) is 3.80. The highest BCUT2D eigenvalue weighted by Gasteiger charge is 2.56. The van der Waals surface area contributed by atoms with Gasteiger partial charge in [-0.3, -0.25) is 30.2 Å². The Morgan fingerprint density at radius 1 is 0.722 bits per heavy atom. The summed E-state index contributed by atoms with van der Waals surface area (Å²) in [5.74, 6) is -2.17. The van der Waals surface area contributed by atoms with Crippen molar-refractivity contribution in [1.82, 2.24) is 30.2 Å². The molecule has 54 heavy (non-hydrogen) atoms. The first-order valence-corrected chi connectivity index (χ1v) is 17.9. The monoisotopic (exact) mass is 741 g/mol. The fraction of sp³-hybridized carbons (Fsp3) is 0.385. The molecule has 3 aromatic carbocycles. The minimum atomic E-state index is -1.10.